The van der Waals surface area contributed by atoms with Crippen molar-refractivity contribution in [3.05, 3.63) is 42.0 Å². The number of ether oxygens (including phenoxy) is 2. The van der Waals surface area contributed by atoms with Crippen molar-refractivity contribution in [3.63, 3.8) is 0 Å². The molecule has 0 radical (unpaired) electrons. The van der Waals surface area contributed by atoms with Crippen LogP contribution in [-0.4, -0.2) is 41.1 Å². The van der Waals surface area contributed by atoms with Gasteiger partial charge in [0, 0.05) is 18.3 Å². The molecule has 3 rings (SSSR count). The normalized spacial score (nSPS) is 29.7. The zero-order valence-corrected chi connectivity index (χ0v) is 13.7. The molecule has 8 heteroatoms. The number of halogens is 3. The van der Waals surface area contributed by atoms with Gasteiger partial charge in [0.25, 0.3) is 0 Å². The second-order valence-electron chi connectivity index (χ2n) is 6.57. The Morgan fingerprint density at radius 3 is 2.88 bits per heavy atom. The number of hydrogen-bond acceptors (Lipinski definition) is 5. The van der Waals surface area contributed by atoms with Gasteiger partial charge in [-0.15, -0.1) is 0 Å². The lowest BCUT2D eigenvalue weighted by Crippen LogP contribution is -2.20. The highest BCUT2D eigenvalue weighted by Gasteiger charge is 2.48. The molecule has 1 heterocycles. The second-order valence-corrected chi connectivity index (χ2v) is 6.57. The summed E-state index contributed by atoms with van der Waals surface area (Å²) in [5, 5.41) is 20.0. The van der Waals surface area contributed by atoms with Crippen LogP contribution in [0.25, 0.3) is 0 Å². The predicted molar refractivity (Wildman–Crippen MR) is 84.2 cm³/mol. The van der Waals surface area contributed by atoms with Gasteiger partial charge in [-0.05, 0) is 18.2 Å². The van der Waals surface area contributed by atoms with Gasteiger partial charge in [-0.2, -0.15) is 13.2 Å². The van der Waals surface area contributed by atoms with Gasteiger partial charge in [0.2, 0.25) is 0 Å². The minimum atomic E-state index is -4.46. The number of esters is 1. The summed E-state index contributed by atoms with van der Waals surface area (Å²) in [6.07, 6.45) is -2.85. The van der Waals surface area contributed by atoms with Crippen molar-refractivity contribution in [1.29, 1.82) is 0 Å². The first-order valence-electron chi connectivity index (χ1n) is 8.28. The van der Waals surface area contributed by atoms with Crippen molar-refractivity contribution in [2.75, 3.05) is 6.61 Å². The van der Waals surface area contributed by atoms with Crippen molar-refractivity contribution in [2.24, 2.45) is 11.8 Å². The Balaban J connectivity index is 1.55. The van der Waals surface area contributed by atoms with Gasteiger partial charge in [-0.3, -0.25) is 4.79 Å². The minimum Gasteiger partial charge on any atom is -0.491 e. The molecule has 1 aliphatic carbocycles. The first kappa shape index (κ1) is 18.7. The number of carbonyl (C=O) groups excluding carboxylic acids is 1. The third-order valence-electron chi connectivity index (χ3n) is 4.71. The van der Waals surface area contributed by atoms with Crippen LogP contribution < -0.4 is 4.74 Å². The molecule has 1 aromatic rings. The summed E-state index contributed by atoms with van der Waals surface area (Å²) >= 11 is 0. The maximum Gasteiger partial charge on any atom is 0.416 e. The van der Waals surface area contributed by atoms with E-state index in [2.05, 4.69) is 0 Å². The van der Waals surface area contributed by atoms with E-state index in [-0.39, 0.29) is 42.7 Å². The fraction of sp³-hybridized carbons (Fsp3) is 0.500. The van der Waals surface area contributed by atoms with E-state index >= 15 is 0 Å². The minimum absolute atomic E-state index is 0.00281. The molecule has 1 saturated carbocycles. The summed E-state index contributed by atoms with van der Waals surface area (Å²) in [5.41, 5.74) is -0.828. The van der Waals surface area contributed by atoms with Crippen LogP contribution in [0.1, 0.15) is 18.4 Å². The average molecular weight is 372 g/mol. The fourth-order valence-corrected chi connectivity index (χ4v) is 3.44. The molecule has 2 fully saturated rings. The standard InChI is InChI=1S/C18H19F3O5/c19-18(20,21)10-2-1-3-12(6-10)25-9-11(22)4-5-13-14-7-17(24)26-16(14)8-15(13)23/h1-6,11,13-16,22-23H,7-9H2/b5-4+/t11-,13-,14-,15?,16+/m1/s1. The van der Waals surface area contributed by atoms with Gasteiger partial charge >= 0.3 is 12.1 Å². The van der Waals surface area contributed by atoms with Crippen LogP contribution in [0, 0.1) is 11.8 Å². The van der Waals surface area contributed by atoms with Crippen LogP contribution in [0.5, 0.6) is 5.75 Å². The van der Waals surface area contributed by atoms with E-state index < -0.39 is 23.9 Å². The van der Waals surface area contributed by atoms with Crippen molar-refractivity contribution >= 4 is 5.97 Å². The molecule has 0 aromatic heterocycles. The number of benzene rings is 1. The molecule has 0 amide bonds. The third kappa shape index (κ3) is 4.19. The quantitative estimate of drug-likeness (QED) is 0.613. The third-order valence-corrected chi connectivity index (χ3v) is 4.71. The van der Waals surface area contributed by atoms with Crippen LogP contribution in [0.2, 0.25) is 0 Å². The molecule has 0 bridgehead atoms. The zero-order chi connectivity index (χ0) is 18.9. The number of carbonyl (C=O) groups is 1. The van der Waals surface area contributed by atoms with Gasteiger partial charge < -0.3 is 19.7 Å². The van der Waals surface area contributed by atoms with Gasteiger partial charge in [0.15, 0.2) is 0 Å². The molecule has 5 atom stereocenters. The highest BCUT2D eigenvalue weighted by Crippen LogP contribution is 2.42. The second kappa shape index (κ2) is 7.28. The Morgan fingerprint density at radius 2 is 2.15 bits per heavy atom. The van der Waals surface area contributed by atoms with E-state index in [1.165, 1.54) is 18.2 Å². The van der Waals surface area contributed by atoms with Gasteiger partial charge in [0.1, 0.15) is 24.6 Å². The van der Waals surface area contributed by atoms with Crippen LogP contribution in [0.4, 0.5) is 13.2 Å². The monoisotopic (exact) mass is 372 g/mol. The molecule has 26 heavy (non-hydrogen) atoms. The summed E-state index contributed by atoms with van der Waals surface area (Å²) in [4.78, 5) is 11.3. The van der Waals surface area contributed by atoms with E-state index in [1.54, 1.807) is 6.08 Å². The molecule has 1 saturated heterocycles. The molecule has 142 valence electrons. The Hall–Kier alpha value is -2.06. The van der Waals surface area contributed by atoms with Crippen LogP contribution in [0.3, 0.4) is 0 Å². The number of hydrogen-bond donors (Lipinski definition) is 2. The molecule has 0 spiro atoms. The lowest BCUT2D eigenvalue weighted by Gasteiger charge is -2.16. The highest BCUT2D eigenvalue weighted by atomic mass is 19.4. The summed E-state index contributed by atoms with van der Waals surface area (Å²) in [6, 6.07) is 4.40. The van der Waals surface area contributed by atoms with E-state index in [1.807, 2.05) is 0 Å². The van der Waals surface area contributed by atoms with Gasteiger partial charge in [-0.1, -0.05) is 18.2 Å². The maximum absolute atomic E-state index is 12.7. The Morgan fingerprint density at radius 1 is 1.38 bits per heavy atom. The van der Waals surface area contributed by atoms with Crippen molar-refractivity contribution < 1.29 is 37.7 Å². The van der Waals surface area contributed by atoms with Crippen LogP contribution in [0.15, 0.2) is 36.4 Å². The summed E-state index contributed by atoms with van der Waals surface area (Å²) < 4.78 is 48.3. The number of aliphatic hydroxyl groups is 2. The number of aliphatic hydroxyl groups excluding tert-OH is 2. The smallest absolute Gasteiger partial charge is 0.416 e. The highest BCUT2D eigenvalue weighted by molar-refractivity contribution is 5.72. The fourth-order valence-electron chi connectivity index (χ4n) is 3.44. The topological polar surface area (TPSA) is 76.0 Å². The molecule has 1 unspecified atom stereocenters. The Labute approximate surface area is 148 Å². The van der Waals surface area contributed by atoms with E-state index in [0.717, 1.165) is 12.1 Å². The molecular weight excluding hydrogens is 353 g/mol. The largest absolute Gasteiger partial charge is 0.491 e. The van der Waals surface area contributed by atoms with Crippen LogP contribution in [-0.2, 0) is 15.7 Å². The Kier molecular flexibility index (Phi) is 5.24. The predicted octanol–water partition coefficient (Wildman–Crippen LogP) is 2.31. The lowest BCUT2D eigenvalue weighted by molar-refractivity contribution is -0.142. The lowest BCUT2D eigenvalue weighted by atomic mass is 9.91. The maximum atomic E-state index is 12.7. The Bertz CT molecular complexity index is 688. The first-order valence-corrected chi connectivity index (χ1v) is 8.28. The molecule has 1 aromatic carbocycles. The number of rotatable bonds is 5. The first-order chi connectivity index (χ1) is 12.2. The number of alkyl halides is 3. The zero-order valence-electron chi connectivity index (χ0n) is 13.7. The SMILES string of the molecule is O=C1C[C@H]2[C@H](CC(O)[C@@H]2/C=C/[C@@H](O)COc2cccc(C(F)(F)F)c2)O1. The van der Waals surface area contributed by atoms with Crippen molar-refractivity contribution in [2.45, 2.75) is 37.3 Å². The average Bonchev–Trinajstić information content (AvgIpc) is 3.05. The summed E-state index contributed by atoms with van der Waals surface area (Å²) in [5.74, 6) is -0.721. The van der Waals surface area contributed by atoms with E-state index in [4.69, 9.17) is 9.47 Å². The molecule has 5 nitrogen and oxygen atoms in total. The number of fused-ring (bicyclic) bond motifs is 1. The molecule has 1 aliphatic heterocycles. The van der Waals surface area contributed by atoms with Gasteiger partial charge in [-0.25, -0.2) is 0 Å². The molecule has 2 aliphatic rings. The van der Waals surface area contributed by atoms with E-state index in [0.29, 0.717) is 6.42 Å². The molecular formula is C18H19F3O5. The van der Waals surface area contributed by atoms with E-state index in [9.17, 15) is 28.2 Å². The van der Waals surface area contributed by atoms with Crippen molar-refractivity contribution in [3.8, 4) is 5.75 Å². The van der Waals surface area contributed by atoms with Crippen molar-refractivity contribution in [1.82, 2.24) is 0 Å². The van der Waals surface area contributed by atoms with Gasteiger partial charge in [0.05, 0.1) is 18.1 Å². The van der Waals surface area contributed by atoms with Crippen LogP contribution >= 0.6 is 0 Å². The summed E-state index contributed by atoms with van der Waals surface area (Å²) in [7, 11) is 0. The summed E-state index contributed by atoms with van der Waals surface area (Å²) in [6.45, 7) is -0.232. The molecule has 2 N–H and O–H groups in total.